The Bertz CT molecular complexity index is 346. The van der Waals surface area contributed by atoms with E-state index in [0.29, 0.717) is 6.04 Å². The molecule has 2 rings (SSSR count). The fraction of sp³-hybridized carbons (Fsp3) is 0.545. The second kappa shape index (κ2) is 3.58. The molecule has 0 aromatic carbocycles. The average Bonchev–Trinajstić information content (AvgIpc) is 2.74. The third-order valence-corrected chi connectivity index (χ3v) is 2.96. The number of hydrogen-bond donors (Lipinski definition) is 1. The number of nitrogens with zero attached hydrogens (tertiary/aromatic N) is 2. The van der Waals surface area contributed by atoms with Gasteiger partial charge in [-0.05, 0) is 32.9 Å². The van der Waals surface area contributed by atoms with Gasteiger partial charge in [-0.3, -0.25) is 0 Å². The van der Waals surface area contributed by atoms with Crippen molar-refractivity contribution >= 4 is 6.08 Å². The van der Waals surface area contributed by atoms with E-state index < -0.39 is 0 Å². The highest BCUT2D eigenvalue weighted by Crippen LogP contribution is 2.22. The summed E-state index contributed by atoms with van der Waals surface area (Å²) in [4.78, 5) is 4.49. The van der Waals surface area contributed by atoms with Crippen molar-refractivity contribution in [2.24, 2.45) is 0 Å². The van der Waals surface area contributed by atoms with Crippen LogP contribution in [0.15, 0.2) is 6.58 Å². The Kier molecular flexibility index (Phi) is 2.42. The summed E-state index contributed by atoms with van der Waals surface area (Å²) in [6.07, 6.45) is 3.04. The van der Waals surface area contributed by atoms with Crippen LogP contribution in [0.3, 0.4) is 0 Å². The van der Waals surface area contributed by atoms with Gasteiger partial charge in [0.05, 0.1) is 5.69 Å². The summed E-state index contributed by atoms with van der Waals surface area (Å²) in [5, 5.41) is 3.38. The first-order valence-electron chi connectivity index (χ1n) is 5.12. The molecule has 0 bridgehead atoms. The molecule has 1 unspecified atom stereocenters. The topological polar surface area (TPSA) is 29.9 Å². The molecule has 1 aromatic heterocycles. The molecular weight excluding hydrogens is 174 g/mol. The summed E-state index contributed by atoms with van der Waals surface area (Å²) in [5.74, 6) is 1.10. The number of imidazole rings is 1. The Morgan fingerprint density at radius 3 is 2.86 bits per heavy atom. The highest BCUT2D eigenvalue weighted by Gasteiger charge is 2.20. The van der Waals surface area contributed by atoms with E-state index in [9.17, 15) is 0 Å². The number of rotatable bonds is 2. The van der Waals surface area contributed by atoms with Crippen molar-refractivity contribution in [2.75, 3.05) is 13.1 Å². The maximum atomic E-state index is 4.49. The normalized spacial score (nSPS) is 21.4. The van der Waals surface area contributed by atoms with Crippen molar-refractivity contribution in [3.8, 4) is 0 Å². The van der Waals surface area contributed by atoms with Crippen LogP contribution in [0.25, 0.3) is 6.08 Å². The van der Waals surface area contributed by atoms with Crippen molar-refractivity contribution < 1.29 is 0 Å². The molecule has 1 saturated heterocycles. The first kappa shape index (κ1) is 9.46. The Hall–Kier alpha value is -1.09. The minimum Gasteiger partial charge on any atom is -0.328 e. The fourth-order valence-electron chi connectivity index (χ4n) is 2.27. The summed E-state index contributed by atoms with van der Waals surface area (Å²) in [7, 11) is 0. The van der Waals surface area contributed by atoms with Crippen LogP contribution in [0.4, 0.5) is 0 Å². The zero-order valence-corrected chi connectivity index (χ0v) is 8.88. The summed E-state index contributed by atoms with van der Waals surface area (Å²) >= 11 is 0. The standard InChI is InChI=1S/C11H17N3/c1-4-11-8(2)14(9(3)13-11)10-5-6-12-7-10/h4,10,12H,1,5-7H2,2-3H3. The van der Waals surface area contributed by atoms with Crippen molar-refractivity contribution in [3.05, 3.63) is 23.8 Å². The predicted octanol–water partition coefficient (Wildman–Crippen LogP) is 1.68. The van der Waals surface area contributed by atoms with Crippen molar-refractivity contribution in [2.45, 2.75) is 26.3 Å². The van der Waals surface area contributed by atoms with Crippen molar-refractivity contribution in [1.29, 1.82) is 0 Å². The Balaban J connectivity index is 2.40. The second-order valence-corrected chi connectivity index (χ2v) is 3.85. The Morgan fingerprint density at radius 1 is 1.57 bits per heavy atom. The van der Waals surface area contributed by atoms with Gasteiger partial charge in [-0.2, -0.15) is 0 Å². The molecule has 14 heavy (non-hydrogen) atoms. The van der Waals surface area contributed by atoms with Gasteiger partial charge >= 0.3 is 0 Å². The number of aryl methyl sites for hydroxylation is 1. The van der Waals surface area contributed by atoms with Crippen LogP contribution in [0.2, 0.25) is 0 Å². The molecule has 0 saturated carbocycles. The van der Waals surface area contributed by atoms with E-state index in [0.717, 1.165) is 24.6 Å². The molecule has 0 aliphatic carbocycles. The van der Waals surface area contributed by atoms with Crippen LogP contribution in [-0.4, -0.2) is 22.6 Å². The molecule has 2 heterocycles. The molecule has 1 aromatic rings. The maximum absolute atomic E-state index is 4.49. The molecule has 1 aliphatic heterocycles. The van der Waals surface area contributed by atoms with Crippen LogP contribution in [0.1, 0.15) is 29.7 Å². The molecule has 0 radical (unpaired) electrons. The first-order valence-corrected chi connectivity index (χ1v) is 5.12. The molecule has 0 spiro atoms. The molecular formula is C11H17N3. The number of nitrogens with one attached hydrogen (secondary N) is 1. The van der Waals surface area contributed by atoms with Gasteiger partial charge in [-0.25, -0.2) is 4.98 Å². The first-order chi connectivity index (χ1) is 6.74. The average molecular weight is 191 g/mol. The quantitative estimate of drug-likeness (QED) is 0.770. The molecule has 76 valence electrons. The molecule has 1 atom stereocenters. The van der Waals surface area contributed by atoms with Gasteiger partial charge in [-0.1, -0.05) is 6.58 Å². The molecule has 3 heteroatoms. The second-order valence-electron chi connectivity index (χ2n) is 3.85. The maximum Gasteiger partial charge on any atom is 0.106 e. The Labute approximate surface area is 84.8 Å². The lowest BCUT2D eigenvalue weighted by Gasteiger charge is -2.14. The van der Waals surface area contributed by atoms with E-state index >= 15 is 0 Å². The van der Waals surface area contributed by atoms with E-state index in [4.69, 9.17) is 0 Å². The van der Waals surface area contributed by atoms with Gasteiger partial charge in [0.25, 0.3) is 0 Å². The lowest BCUT2D eigenvalue weighted by atomic mass is 10.2. The van der Waals surface area contributed by atoms with Crippen LogP contribution < -0.4 is 5.32 Å². The highest BCUT2D eigenvalue weighted by molar-refractivity contribution is 5.45. The minimum absolute atomic E-state index is 0.580. The minimum atomic E-state index is 0.580. The largest absolute Gasteiger partial charge is 0.328 e. The van der Waals surface area contributed by atoms with Crippen LogP contribution in [-0.2, 0) is 0 Å². The molecule has 1 aliphatic rings. The number of aromatic nitrogens is 2. The van der Waals surface area contributed by atoms with E-state index in [1.54, 1.807) is 0 Å². The molecule has 1 N–H and O–H groups in total. The Morgan fingerprint density at radius 2 is 2.36 bits per heavy atom. The third kappa shape index (κ3) is 1.38. The monoisotopic (exact) mass is 191 g/mol. The van der Waals surface area contributed by atoms with Crippen LogP contribution in [0.5, 0.6) is 0 Å². The van der Waals surface area contributed by atoms with Crippen LogP contribution >= 0.6 is 0 Å². The van der Waals surface area contributed by atoms with Crippen molar-refractivity contribution in [1.82, 2.24) is 14.9 Å². The van der Waals surface area contributed by atoms with E-state index in [1.807, 2.05) is 6.08 Å². The fourth-order valence-corrected chi connectivity index (χ4v) is 2.27. The molecule has 3 nitrogen and oxygen atoms in total. The van der Waals surface area contributed by atoms with Gasteiger partial charge in [-0.15, -0.1) is 0 Å². The zero-order chi connectivity index (χ0) is 10.1. The molecule has 1 fully saturated rings. The van der Waals surface area contributed by atoms with Crippen LogP contribution in [0, 0.1) is 13.8 Å². The SMILES string of the molecule is C=Cc1nc(C)n(C2CCNC2)c1C. The van der Waals surface area contributed by atoms with E-state index in [2.05, 4.69) is 35.3 Å². The lowest BCUT2D eigenvalue weighted by Crippen LogP contribution is -2.15. The van der Waals surface area contributed by atoms with Crippen molar-refractivity contribution in [3.63, 3.8) is 0 Å². The van der Waals surface area contributed by atoms with Gasteiger partial charge in [0.1, 0.15) is 5.82 Å². The summed E-state index contributed by atoms with van der Waals surface area (Å²) in [6, 6.07) is 0.580. The van der Waals surface area contributed by atoms with Gasteiger partial charge in [0, 0.05) is 18.3 Å². The smallest absolute Gasteiger partial charge is 0.106 e. The van der Waals surface area contributed by atoms with Gasteiger partial charge in [0.2, 0.25) is 0 Å². The zero-order valence-electron chi connectivity index (χ0n) is 8.88. The molecule has 0 amide bonds. The summed E-state index contributed by atoms with van der Waals surface area (Å²) < 4.78 is 2.33. The predicted molar refractivity (Wildman–Crippen MR) is 58.3 cm³/mol. The van der Waals surface area contributed by atoms with E-state index in [1.165, 1.54) is 12.1 Å². The third-order valence-electron chi connectivity index (χ3n) is 2.96. The van der Waals surface area contributed by atoms with Gasteiger partial charge < -0.3 is 9.88 Å². The van der Waals surface area contributed by atoms with E-state index in [-0.39, 0.29) is 0 Å². The number of hydrogen-bond acceptors (Lipinski definition) is 2. The summed E-state index contributed by atoms with van der Waals surface area (Å²) in [6.45, 7) is 10.1. The lowest BCUT2D eigenvalue weighted by molar-refractivity contribution is 0.522. The summed E-state index contributed by atoms with van der Waals surface area (Å²) in [5.41, 5.74) is 2.26. The van der Waals surface area contributed by atoms with Gasteiger partial charge in [0.15, 0.2) is 0 Å². The highest BCUT2D eigenvalue weighted by atomic mass is 15.1.